The Balaban J connectivity index is 1.51. The molecule has 1 atom stereocenters. The molecule has 0 spiro atoms. The highest BCUT2D eigenvalue weighted by molar-refractivity contribution is 5.80. The van der Waals surface area contributed by atoms with Crippen LogP contribution in [-0.2, 0) is 16.1 Å². The number of hydrogen-bond acceptors (Lipinski definition) is 5. The van der Waals surface area contributed by atoms with E-state index in [1.807, 2.05) is 61.5 Å². The van der Waals surface area contributed by atoms with Crippen LogP contribution >= 0.6 is 0 Å². The number of pyridine rings is 1. The Hall–Kier alpha value is -3.80. The summed E-state index contributed by atoms with van der Waals surface area (Å²) in [5.74, 6) is -0.392. The molecular formula is C24H21N3O3. The van der Waals surface area contributed by atoms with Crippen molar-refractivity contribution < 1.29 is 9.53 Å². The molecule has 1 unspecified atom stereocenters. The maximum Gasteiger partial charge on any atom is 0.308 e. The van der Waals surface area contributed by atoms with Crippen molar-refractivity contribution in [3.63, 3.8) is 0 Å². The first kappa shape index (κ1) is 19.5. The largest absolute Gasteiger partial charge is 0.452 e. The van der Waals surface area contributed by atoms with Gasteiger partial charge in [-0.05, 0) is 36.2 Å². The van der Waals surface area contributed by atoms with Gasteiger partial charge in [0.25, 0.3) is 5.56 Å². The van der Waals surface area contributed by atoms with E-state index in [1.165, 1.54) is 10.9 Å². The zero-order chi connectivity index (χ0) is 20.9. The number of nitrogens with zero attached hydrogens (tertiary/aromatic N) is 3. The fourth-order valence-electron chi connectivity index (χ4n) is 3.39. The van der Waals surface area contributed by atoms with Crippen molar-refractivity contribution in [3.8, 4) is 0 Å². The van der Waals surface area contributed by atoms with Gasteiger partial charge in [0.15, 0.2) is 6.10 Å². The highest BCUT2D eigenvalue weighted by Gasteiger charge is 2.19. The number of para-hydroxylation sites is 1. The molecule has 0 aliphatic carbocycles. The number of aromatic nitrogens is 3. The highest BCUT2D eigenvalue weighted by Crippen LogP contribution is 2.26. The molecule has 4 rings (SSSR count). The van der Waals surface area contributed by atoms with E-state index in [0.29, 0.717) is 10.9 Å². The number of carbonyl (C=O) groups is 1. The van der Waals surface area contributed by atoms with E-state index in [1.54, 1.807) is 18.5 Å². The molecule has 0 radical (unpaired) electrons. The standard InChI is InChI=1S/C24H21N3O3/c1-17-6-5-9-20-22(17)26-16-27(24(20)29)15-12-21(28)30-23(18-7-3-2-4-8-18)19-10-13-25-14-11-19/h2-11,13-14,16,23H,12,15H2,1H3. The average Bonchev–Trinajstić information content (AvgIpc) is 2.79. The Bertz CT molecular complexity index is 1180. The van der Waals surface area contributed by atoms with Crippen molar-refractivity contribution in [2.45, 2.75) is 26.0 Å². The van der Waals surface area contributed by atoms with Gasteiger partial charge in [0.2, 0.25) is 0 Å². The second kappa shape index (κ2) is 8.69. The normalized spacial score (nSPS) is 11.9. The highest BCUT2D eigenvalue weighted by atomic mass is 16.5. The van der Waals surface area contributed by atoms with E-state index in [2.05, 4.69) is 9.97 Å². The number of hydrogen-bond donors (Lipinski definition) is 0. The molecule has 150 valence electrons. The minimum absolute atomic E-state index is 0.0628. The number of fused-ring (bicyclic) bond motifs is 1. The molecule has 0 aliphatic rings. The number of esters is 1. The first-order chi connectivity index (χ1) is 14.6. The smallest absolute Gasteiger partial charge is 0.308 e. The van der Waals surface area contributed by atoms with E-state index in [9.17, 15) is 9.59 Å². The average molecular weight is 399 g/mol. The summed E-state index contributed by atoms with van der Waals surface area (Å²) in [6.45, 7) is 2.12. The Morgan fingerprint density at radius 2 is 1.73 bits per heavy atom. The van der Waals surface area contributed by atoms with Crippen LogP contribution in [0.15, 0.2) is 84.2 Å². The molecule has 6 nitrogen and oxygen atoms in total. The predicted molar refractivity (Wildman–Crippen MR) is 114 cm³/mol. The second-order valence-corrected chi connectivity index (χ2v) is 7.03. The van der Waals surface area contributed by atoms with Gasteiger partial charge >= 0.3 is 5.97 Å². The molecule has 0 N–H and O–H groups in total. The van der Waals surface area contributed by atoms with Crippen LogP contribution < -0.4 is 5.56 Å². The Morgan fingerprint density at radius 1 is 1.00 bits per heavy atom. The zero-order valence-electron chi connectivity index (χ0n) is 16.6. The molecule has 2 heterocycles. The van der Waals surface area contributed by atoms with Crippen LogP contribution in [0, 0.1) is 6.92 Å². The van der Waals surface area contributed by atoms with E-state index in [-0.39, 0.29) is 18.5 Å². The molecule has 30 heavy (non-hydrogen) atoms. The zero-order valence-corrected chi connectivity index (χ0v) is 16.6. The van der Waals surface area contributed by atoms with Crippen molar-refractivity contribution >= 4 is 16.9 Å². The third kappa shape index (κ3) is 4.12. The molecule has 2 aromatic heterocycles. The fraction of sp³-hybridized carbons (Fsp3) is 0.167. The second-order valence-electron chi connectivity index (χ2n) is 7.03. The third-order valence-electron chi connectivity index (χ3n) is 4.97. The van der Waals surface area contributed by atoms with Gasteiger partial charge in [-0.15, -0.1) is 0 Å². The summed E-state index contributed by atoms with van der Waals surface area (Å²) in [5.41, 5.74) is 3.18. The molecule has 0 bridgehead atoms. The summed E-state index contributed by atoms with van der Waals surface area (Å²) in [7, 11) is 0. The Kier molecular flexibility index (Phi) is 5.66. The summed E-state index contributed by atoms with van der Waals surface area (Å²) in [5, 5.41) is 0.546. The lowest BCUT2D eigenvalue weighted by atomic mass is 10.0. The lowest BCUT2D eigenvalue weighted by Crippen LogP contribution is -2.23. The van der Waals surface area contributed by atoms with Crippen LogP contribution in [0.4, 0.5) is 0 Å². The van der Waals surface area contributed by atoms with Crippen molar-refractivity contribution in [1.29, 1.82) is 0 Å². The van der Waals surface area contributed by atoms with Crippen LogP contribution in [0.5, 0.6) is 0 Å². The van der Waals surface area contributed by atoms with Gasteiger partial charge in [-0.25, -0.2) is 4.98 Å². The molecule has 0 saturated heterocycles. The van der Waals surface area contributed by atoms with E-state index < -0.39 is 12.1 Å². The van der Waals surface area contributed by atoms with Gasteiger partial charge in [-0.1, -0.05) is 42.5 Å². The summed E-state index contributed by atoms with van der Waals surface area (Å²) in [4.78, 5) is 33.8. The number of aryl methyl sites for hydroxylation is 2. The van der Waals surface area contributed by atoms with Crippen LogP contribution in [0.3, 0.4) is 0 Å². The van der Waals surface area contributed by atoms with Crippen molar-refractivity contribution in [3.05, 3.63) is 106 Å². The fourth-order valence-corrected chi connectivity index (χ4v) is 3.39. The molecule has 0 amide bonds. The summed E-state index contributed by atoms with van der Waals surface area (Å²) >= 11 is 0. The Labute approximate surface area is 173 Å². The number of rotatable bonds is 6. The monoisotopic (exact) mass is 399 g/mol. The first-order valence-electron chi connectivity index (χ1n) is 9.72. The van der Waals surface area contributed by atoms with Crippen molar-refractivity contribution in [1.82, 2.24) is 14.5 Å². The predicted octanol–water partition coefficient (Wildman–Crippen LogP) is 3.82. The summed E-state index contributed by atoms with van der Waals surface area (Å²) in [6.07, 6.45) is 4.36. The SMILES string of the molecule is Cc1cccc2c(=O)n(CCC(=O)OC(c3ccccc3)c3ccncc3)cnc12. The molecule has 2 aromatic carbocycles. The van der Waals surface area contributed by atoms with Gasteiger partial charge < -0.3 is 4.74 Å². The first-order valence-corrected chi connectivity index (χ1v) is 9.72. The molecular weight excluding hydrogens is 378 g/mol. The van der Waals surface area contributed by atoms with Gasteiger partial charge in [-0.3, -0.25) is 19.1 Å². The number of ether oxygens (including phenoxy) is 1. The third-order valence-corrected chi connectivity index (χ3v) is 4.97. The molecule has 0 saturated carbocycles. The van der Waals surface area contributed by atoms with Gasteiger partial charge in [0, 0.05) is 24.5 Å². The lowest BCUT2D eigenvalue weighted by Gasteiger charge is -2.19. The minimum Gasteiger partial charge on any atom is -0.452 e. The van der Waals surface area contributed by atoms with Crippen LogP contribution in [0.25, 0.3) is 10.9 Å². The van der Waals surface area contributed by atoms with E-state index in [4.69, 9.17) is 4.74 Å². The maximum atomic E-state index is 12.7. The Morgan fingerprint density at radius 3 is 2.50 bits per heavy atom. The van der Waals surface area contributed by atoms with Crippen LogP contribution in [-0.4, -0.2) is 20.5 Å². The van der Waals surface area contributed by atoms with Gasteiger partial charge in [0.1, 0.15) is 0 Å². The van der Waals surface area contributed by atoms with E-state index >= 15 is 0 Å². The molecule has 6 heteroatoms. The molecule has 4 aromatic rings. The number of benzene rings is 2. The van der Waals surface area contributed by atoms with E-state index in [0.717, 1.165) is 16.7 Å². The van der Waals surface area contributed by atoms with Crippen molar-refractivity contribution in [2.75, 3.05) is 0 Å². The molecule has 0 aliphatic heterocycles. The quantitative estimate of drug-likeness (QED) is 0.461. The van der Waals surface area contributed by atoms with Gasteiger partial charge in [0.05, 0.1) is 23.7 Å². The lowest BCUT2D eigenvalue weighted by molar-refractivity contribution is -0.147. The number of carbonyl (C=O) groups excluding carboxylic acids is 1. The topological polar surface area (TPSA) is 74.1 Å². The summed E-state index contributed by atoms with van der Waals surface area (Å²) in [6, 6.07) is 18.7. The van der Waals surface area contributed by atoms with Crippen LogP contribution in [0.2, 0.25) is 0 Å². The minimum atomic E-state index is -0.532. The summed E-state index contributed by atoms with van der Waals surface area (Å²) < 4.78 is 7.24. The van der Waals surface area contributed by atoms with Crippen molar-refractivity contribution in [2.24, 2.45) is 0 Å². The maximum absolute atomic E-state index is 12.7. The van der Waals surface area contributed by atoms with Crippen LogP contribution in [0.1, 0.15) is 29.2 Å². The van der Waals surface area contributed by atoms with Gasteiger partial charge in [-0.2, -0.15) is 0 Å². The molecule has 0 fully saturated rings.